The van der Waals surface area contributed by atoms with Crippen molar-refractivity contribution in [2.45, 2.75) is 32.1 Å². The molecule has 1 aromatic carbocycles. The number of carbonyl (C=O) groups is 1. The number of hydrogen-bond donors (Lipinski definition) is 3. The number of ether oxygens (including phenoxy) is 1. The molecule has 2 aliphatic heterocycles. The summed E-state index contributed by atoms with van der Waals surface area (Å²) in [6.07, 6.45) is 1.22. The van der Waals surface area contributed by atoms with E-state index in [1.54, 1.807) is 17.6 Å². The first-order chi connectivity index (χ1) is 14.0. The van der Waals surface area contributed by atoms with Crippen LogP contribution in [0.2, 0.25) is 0 Å². The van der Waals surface area contributed by atoms with Crippen LogP contribution in [-0.4, -0.2) is 27.0 Å². The zero-order valence-electron chi connectivity index (χ0n) is 15.7. The third-order valence-electron chi connectivity index (χ3n) is 5.78. The average molecular weight is 390 g/mol. The molecule has 0 spiro atoms. The van der Waals surface area contributed by atoms with Crippen molar-refractivity contribution in [1.82, 2.24) is 9.55 Å². The number of cyclic esters (lactones) is 1. The van der Waals surface area contributed by atoms with Gasteiger partial charge in [0.2, 0.25) is 0 Å². The van der Waals surface area contributed by atoms with E-state index >= 15 is 0 Å². The second kappa shape index (κ2) is 5.99. The van der Waals surface area contributed by atoms with Gasteiger partial charge in [-0.1, -0.05) is 13.0 Å². The number of aromatic nitrogens is 2. The highest BCUT2D eigenvalue weighted by Gasteiger charge is 2.45. The molecule has 8 heteroatoms. The molecule has 3 aromatic rings. The fourth-order valence-corrected chi connectivity index (χ4v) is 4.21. The standard InChI is InChI=1S/C21H18N4O4/c1-2-21(28)14-7-17-18-11(8-25(17)19(26)13(14)9-29-20(21)27)6-12-15(23-10-22)4-3-5-16(12)24-18/h3-7,10,28H,2,8-9H2,1H3,(H2,22,23)/t21-/m0/s1. The number of anilines is 1. The third kappa shape index (κ3) is 2.29. The van der Waals surface area contributed by atoms with Crippen LogP contribution in [0.1, 0.15) is 30.0 Å². The predicted octanol–water partition coefficient (Wildman–Crippen LogP) is 2.10. The summed E-state index contributed by atoms with van der Waals surface area (Å²) in [7, 11) is 0. The minimum atomic E-state index is -1.83. The first-order valence-corrected chi connectivity index (χ1v) is 9.33. The van der Waals surface area contributed by atoms with Gasteiger partial charge in [-0.25, -0.2) is 9.78 Å². The van der Waals surface area contributed by atoms with Crippen molar-refractivity contribution >= 4 is 28.9 Å². The lowest BCUT2D eigenvalue weighted by Crippen LogP contribution is -2.44. The Balaban J connectivity index is 1.77. The summed E-state index contributed by atoms with van der Waals surface area (Å²) in [5.74, 6) is -0.732. The number of fused-ring (bicyclic) bond motifs is 5. The van der Waals surface area contributed by atoms with Crippen molar-refractivity contribution in [3.05, 3.63) is 57.4 Å². The number of esters is 1. The Morgan fingerprint density at radius 3 is 2.97 bits per heavy atom. The molecule has 146 valence electrons. The Morgan fingerprint density at radius 2 is 2.21 bits per heavy atom. The average Bonchev–Trinajstić information content (AvgIpc) is 3.08. The van der Waals surface area contributed by atoms with Crippen LogP contribution in [0.4, 0.5) is 5.69 Å². The topological polar surface area (TPSA) is 117 Å². The highest BCUT2D eigenvalue weighted by molar-refractivity contribution is 5.97. The molecule has 0 amide bonds. The van der Waals surface area contributed by atoms with E-state index in [0.29, 0.717) is 29.1 Å². The van der Waals surface area contributed by atoms with Gasteiger partial charge in [0.05, 0.1) is 35.4 Å². The van der Waals surface area contributed by atoms with Crippen molar-refractivity contribution in [1.29, 1.82) is 5.41 Å². The van der Waals surface area contributed by atoms with Gasteiger partial charge in [-0.05, 0) is 30.7 Å². The maximum Gasteiger partial charge on any atom is 0.343 e. The van der Waals surface area contributed by atoms with Gasteiger partial charge >= 0.3 is 5.97 Å². The lowest BCUT2D eigenvalue weighted by Gasteiger charge is -2.31. The first-order valence-electron chi connectivity index (χ1n) is 9.33. The normalized spacial score (nSPS) is 19.3. The number of benzene rings is 1. The molecule has 0 unspecified atom stereocenters. The van der Waals surface area contributed by atoms with Crippen LogP contribution < -0.4 is 10.9 Å². The summed E-state index contributed by atoms with van der Waals surface area (Å²) < 4.78 is 6.69. The van der Waals surface area contributed by atoms with E-state index in [1.807, 2.05) is 24.3 Å². The summed E-state index contributed by atoms with van der Waals surface area (Å²) in [5.41, 5.74) is 2.08. The minimum Gasteiger partial charge on any atom is -0.458 e. The number of aliphatic hydroxyl groups is 1. The van der Waals surface area contributed by atoms with Crippen molar-refractivity contribution < 1.29 is 14.6 Å². The number of pyridine rings is 2. The van der Waals surface area contributed by atoms with Crippen LogP contribution in [-0.2, 0) is 28.3 Å². The van der Waals surface area contributed by atoms with Gasteiger partial charge in [-0.2, -0.15) is 0 Å². The van der Waals surface area contributed by atoms with E-state index in [1.165, 1.54) is 0 Å². The van der Waals surface area contributed by atoms with Crippen molar-refractivity contribution in [3.8, 4) is 11.4 Å². The Kier molecular flexibility index (Phi) is 3.63. The smallest absolute Gasteiger partial charge is 0.343 e. The highest BCUT2D eigenvalue weighted by Crippen LogP contribution is 2.39. The van der Waals surface area contributed by atoms with Crippen LogP contribution >= 0.6 is 0 Å². The molecule has 8 nitrogen and oxygen atoms in total. The Bertz CT molecular complexity index is 1280. The molecule has 0 radical (unpaired) electrons. The molecule has 0 fully saturated rings. The Labute approximate surface area is 165 Å². The SMILES string of the molecule is CC[C@@]1(O)C(=O)OCc2c1cc1n(c2=O)Cc2cc3c(NC=N)cccc3nc2-1. The third-order valence-corrected chi connectivity index (χ3v) is 5.78. The lowest BCUT2D eigenvalue weighted by atomic mass is 9.86. The molecule has 0 saturated heterocycles. The van der Waals surface area contributed by atoms with Gasteiger partial charge in [-0.3, -0.25) is 10.2 Å². The fraction of sp³-hybridized carbons (Fsp3) is 0.238. The molecular formula is C21H18N4O4. The summed E-state index contributed by atoms with van der Waals surface area (Å²) in [6, 6.07) is 9.23. The van der Waals surface area contributed by atoms with Gasteiger partial charge in [0.15, 0.2) is 5.60 Å². The van der Waals surface area contributed by atoms with Crippen molar-refractivity contribution in [3.63, 3.8) is 0 Å². The van der Waals surface area contributed by atoms with Crippen molar-refractivity contribution in [2.75, 3.05) is 5.32 Å². The Morgan fingerprint density at radius 1 is 1.38 bits per heavy atom. The zero-order chi connectivity index (χ0) is 20.3. The molecule has 4 heterocycles. The molecule has 5 rings (SSSR count). The Hall–Kier alpha value is -3.52. The minimum absolute atomic E-state index is 0.110. The molecule has 3 N–H and O–H groups in total. The second-order valence-corrected chi connectivity index (χ2v) is 7.26. The molecule has 0 bridgehead atoms. The summed E-state index contributed by atoms with van der Waals surface area (Å²) in [5, 5.41) is 21.9. The first kappa shape index (κ1) is 17.6. The summed E-state index contributed by atoms with van der Waals surface area (Å²) >= 11 is 0. The van der Waals surface area contributed by atoms with E-state index in [-0.39, 0.29) is 18.6 Å². The van der Waals surface area contributed by atoms with E-state index < -0.39 is 11.6 Å². The molecule has 0 saturated carbocycles. The number of hydrogen-bond acceptors (Lipinski definition) is 6. The molecule has 2 aliphatic rings. The van der Waals surface area contributed by atoms with E-state index in [0.717, 1.165) is 28.5 Å². The number of rotatable bonds is 3. The van der Waals surface area contributed by atoms with Crippen LogP contribution in [0.5, 0.6) is 0 Å². The van der Waals surface area contributed by atoms with Crippen LogP contribution in [0, 0.1) is 5.41 Å². The predicted molar refractivity (Wildman–Crippen MR) is 107 cm³/mol. The van der Waals surface area contributed by atoms with Gasteiger partial charge in [0.25, 0.3) is 5.56 Å². The second-order valence-electron chi connectivity index (χ2n) is 7.26. The molecular weight excluding hydrogens is 372 g/mol. The van der Waals surface area contributed by atoms with Gasteiger partial charge in [0.1, 0.15) is 6.61 Å². The lowest BCUT2D eigenvalue weighted by molar-refractivity contribution is -0.172. The van der Waals surface area contributed by atoms with E-state index in [2.05, 4.69) is 5.32 Å². The van der Waals surface area contributed by atoms with Crippen LogP contribution in [0.15, 0.2) is 35.1 Å². The summed E-state index contributed by atoms with van der Waals surface area (Å²) in [6.45, 7) is 1.88. The van der Waals surface area contributed by atoms with Crippen molar-refractivity contribution in [2.24, 2.45) is 0 Å². The van der Waals surface area contributed by atoms with Gasteiger partial charge in [0, 0.05) is 22.2 Å². The summed E-state index contributed by atoms with van der Waals surface area (Å²) in [4.78, 5) is 30.1. The monoisotopic (exact) mass is 390 g/mol. The van der Waals surface area contributed by atoms with E-state index in [4.69, 9.17) is 15.1 Å². The number of nitrogens with one attached hydrogen (secondary N) is 2. The maximum atomic E-state index is 13.1. The van der Waals surface area contributed by atoms with Gasteiger partial charge < -0.3 is 19.7 Å². The van der Waals surface area contributed by atoms with Gasteiger partial charge in [-0.15, -0.1) is 0 Å². The van der Waals surface area contributed by atoms with Crippen LogP contribution in [0.25, 0.3) is 22.3 Å². The van der Waals surface area contributed by atoms with E-state index in [9.17, 15) is 14.7 Å². The molecule has 1 atom stereocenters. The fourth-order valence-electron chi connectivity index (χ4n) is 4.21. The quantitative estimate of drug-likeness (QED) is 0.280. The molecule has 0 aliphatic carbocycles. The maximum absolute atomic E-state index is 13.1. The molecule has 2 aromatic heterocycles. The van der Waals surface area contributed by atoms with Crippen LogP contribution in [0.3, 0.4) is 0 Å². The number of carbonyl (C=O) groups excluding carboxylic acids is 1. The highest BCUT2D eigenvalue weighted by atomic mass is 16.6. The zero-order valence-corrected chi connectivity index (χ0v) is 15.7. The molecule has 29 heavy (non-hydrogen) atoms. The largest absolute Gasteiger partial charge is 0.458 e. The number of nitrogens with zero attached hydrogens (tertiary/aromatic N) is 2.